The molecule has 1 rings (SSSR count). The minimum Gasteiger partial charge on any atom is -0.299 e. The number of ketones is 2. The van der Waals surface area contributed by atoms with Gasteiger partial charge in [0.1, 0.15) is 11.6 Å². The van der Waals surface area contributed by atoms with Crippen molar-refractivity contribution in [3.63, 3.8) is 0 Å². The van der Waals surface area contributed by atoms with E-state index in [1.54, 1.807) is 6.92 Å². The van der Waals surface area contributed by atoms with Crippen LogP contribution in [0, 0.1) is 5.41 Å². The summed E-state index contributed by atoms with van der Waals surface area (Å²) in [6.07, 6.45) is 1.58. The summed E-state index contributed by atoms with van der Waals surface area (Å²) in [6, 6.07) is 0. The van der Waals surface area contributed by atoms with Gasteiger partial charge in [-0.1, -0.05) is 6.92 Å². The Morgan fingerprint density at radius 3 is 1.90 bits per heavy atom. The van der Waals surface area contributed by atoms with Gasteiger partial charge in [-0.2, -0.15) is 0 Å². The molecule has 1 saturated carbocycles. The summed E-state index contributed by atoms with van der Waals surface area (Å²) in [4.78, 5) is 22.2. The SMILES string of the molecule is CCC1(C)C(=O)CCC1=O. The van der Waals surface area contributed by atoms with Crippen LogP contribution in [0.15, 0.2) is 0 Å². The Morgan fingerprint density at radius 2 is 1.70 bits per heavy atom. The molecule has 0 amide bonds. The largest absolute Gasteiger partial charge is 0.299 e. The molecule has 0 atom stereocenters. The van der Waals surface area contributed by atoms with Crippen molar-refractivity contribution in [2.24, 2.45) is 5.41 Å². The monoisotopic (exact) mass is 140 g/mol. The molecule has 2 heteroatoms. The third-order valence-corrected chi connectivity index (χ3v) is 2.52. The summed E-state index contributed by atoms with van der Waals surface area (Å²) in [5.41, 5.74) is -0.625. The van der Waals surface area contributed by atoms with Crippen LogP contribution in [0.25, 0.3) is 0 Å². The second kappa shape index (κ2) is 2.19. The van der Waals surface area contributed by atoms with Crippen LogP contribution in [0.1, 0.15) is 33.1 Å². The van der Waals surface area contributed by atoms with Gasteiger partial charge in [0, 0.05) is 12.8 Å². The van der Waals surface area contributed by atoms with Gasteiger partial charge >= 0.3 is 0 Å². The highest BCUT2D eigenvalue weighted by Crippen LogP contribution is 2.33. The molecule has 1 aliphatic rings. The topological polar surface area (TPSA) is 34.1 Å². The molecule has 0 aromatic rings. The van der Waals surface area contributed by atoms with Crippen LogP contribution in [0.3, 0.4) is 0 Å². The number of rotatable bonds is 1. The molecule has 0 aromatic carbocycles. The van der Waals surface area contributed by atoms with Crippen molar-refractivity contribution in [1.29, 1.82) is 0 Å². The summed E-state index contributed by atoms with van der Waals surface area (Å²) >= 11 is 0. The summed E-state index contributed by atoms with van der Waals surface area (Å²) in [6.45, 7) is 3.64. The first-order chi connectivity index (χ1) is 4.61. The lowest BCUT2D eigenvalue weighted by Crippen LogP contribution is -2.27. The molecule has 1 fully saturated rings. The van der Waals surface area contributed by atoms with Crippen molar-refractivity contribution in [3.8, 4) is 0 Å². The zero-order chi connectivity index (χ0) is 7.78. The molecule has 0 heterocycles. The quantitative estimate of drug-likeness (QED) is 0.515. The molecule has 0 unspecified atom stereocenters. The second-order valence-corrected chi connectivity index (χ2v) is 3.03. The molecule has 0 aliphatic heterocycles. The molecule has 10 heavy (non-hydrogen) atoms. The van der Waals surface area contributed by atoms with E-state index in [9.17, 15) is 9.59 Å². The van der Waals surface area contributed by atoms with Crippen LogP contribution >= 0.6 is 0 Å². The van der Waals surface area contributed by atoms with Crippen molar-refractivity contribution in [1.82, 2.24) is 0 Å². The average molecular weight is 140 g/mol. The summed E-state index contributed by atoms with van der Waals surface area (Å²) in [7, 11) is 0. The van der Waals surface area contributed by atoms with Gasteiger partial charge in [0.15, 0.2) is 0 Å². The van der Waals surface area contributed by atoms with Crippen LogP contribution in [-0.4, -0.2) is 11.6 Å². The second-order valence-electron chi connectivity index (χ2n) is 3.03. The van der Waals surface area contributed by atoms with Gasteiger partial charge in [0.25, 0.3) is 0 Å². The van der Waals surface area contributed by atoms with Crippen LogP contribution in [0.2, 0.25) is 0 Å². The third kappa shape index (κ3) is 0.789. The molecular weight excluding hydrogens is 128 g/mol. The highest BCUT2D eigenvalue weighted by Gasteiger charge is 2.43. The van der Waals surface area contributed by atoms with E-state index in [0.29, 0.717) is 19.3 Å². The first kappa shape index (κ1) is 7.45. The Balaban J connectivity index is 2.90. The molecule has 0 aromatic heterocycles. The first-order valence-electron chi connectivity index (χ1n) is 3.68. The van der Waals surface area contributed by atoms with Gasteiger partial charge in [0.05, 0.1) is 5.41 Å². The van der Waals surface area contributed by atoms with E-state index in [2.05, 4.69) is 0 Å². The van der Waals surface area contributed by atoms with Crippen LogP contribution in [-0.2, 0) is 9.59 Å². The summed E-state index contributed by atoms with van der Waals surface area (Å²) in [5.74, 6) is 0.250. The Kier molecular flexibility index (Phi) is 1.63. The molecule has 0 N–H and O–H groups in total. The maximum Gasteiger partial charge on any atom is 0.146 e. The number of Topliss-reactive ketones (excluding diaryl/α,β-unsaturated/α-hetero) is 2. The Hall–Kier alpha value is -0.660. The predicted molar refractivity (Wildman–Crippen MR) is 37.6 cm³/mol. The van der Waals surface area contributed by atoms with Gasteiger partial charge in [-0.15, -0.1) is 0 Å². The molecule has 56 valence electrons. The van der Waals surface area contributed by atoms with Crippen LogP contribution in [0.5, 0.6) is 0 Å². The molecule has 0 saturated heterocycles. The smallest absolute Gasteiger partial charge is 0.146 e. The Labute approximate surface area is 60.6 Å². The van der Waals surface area contributed by atoms with E-state index in [4.69, 9.17) is 0 Å². The zero-order valence-corrected chi connectivity index (χ0v) is 6.44. The zero-order valence-electron chi connectivity index (χ0n) is 6.44. The molecule has 2 nitrogen and oxygen atoms in total. The average Bonchev–Trinajstić information content (AvgIpc) is 2.18. The summed E-state index contributed by atoms with van der Waals surface area (Å²) < 4.78 is 0. The van der Waals surface area contributed by atoms with Gasteiger partial charge in [0.2, 0.25) is 0 Å². The highest BCUT2D eigenvalue weighted by molar-refractivity contribution is 6.12. The van der Waals surface area contributed by atoms with E-state index in [0.717, 1.165) is 0 Å². The number of hydrogen-bond donors (Lipinski definition) is 0. The van der Waals surface area contributed by atoms with Crippen molar-refractivity contribution < 1.29 is 9.59 Å². The van der Waals surface area contributed by atoms with E-state index in [-0.39, 0.29) is 11.6 Å². The highest BCUT2D eigenvalue weighted by atomic mass is 16.2. The number of hydrogen-bond acceptors (Lipinski definition) is 2. The van der Waals surface area contributed by atoms with Gasteiger partial charge in [-0.3, -0.25) is 9.59 Å². The van der Waals surface area contributed by atoms with Crippen molar-refractivity contribution in [3.05, 3.63) is 0 Å². The van der Waals surface area contributed by atoms with Crippen molar-refractivity contribution in [2.45, 2.75) is 33.1 Å². The van der Waals surface area contributed by atoms with Gasteiger partial charge in [-0.25, -0.2) is 0 Å². The van der Waals surface area contributed by atoms with E-state index in [1.165, 1.54) is 0 Å². The summed E-state index contributed by atoms with van der Waals surface area (Å²) in [5, 5.41) is 0. The maximum atomic E-state index is 11.1. The lowest BCUT2D eigenvalue weighted by molar-refractivity contribution is -0.133. The lowest BCUT2D eigenvalue weighted by Gasteiger charge is -2.16. The minimum atomic E-state index is -0.625. The Bertz CT molecular complexity index is 166. The van der Waals surface area contributed by atoms with Crippen molar-refractivity contribution >= 4 is 11.6 Å². The predicted octanol–water partition coefficient (Wildman–Crippen LogP) is 1.33. The molecule has 0 bridgehead atoms. The van der Waals surface area contributed by atoms with Crippen LogP contribution in [0.4, 0.5) is 0 Å². The van der Waals surface area contributed by atoms with E-state index >= 15 is 0 Å². The third-order valence-electron chi connectivity index (χ3n) is 2.52. The van der Waals surface area contributed by atoms with Gasteiger partial charge in [-0.05, 0) is 13.3 Å². The first-order valence-corrected chi connectivity index (χ1v) is 3.68. The van der Waals surface area contributed by atoms with Gasteiger partial charge < -0.3 is 0 Å². The molecule has 1 aliphatic carbocycles. The number of carbonyl (C=O) groups is 2. The van der Waals surface area contributed by atoms with Crippen LogP contribution < -0.4 is 0 Å². The fraction of sp³-hybridized carbons (Fsp3) is 0.750. The standard InChI is InChI=1S/C8H12O2/c1-3-8(2)6(9)4-5-7(8)10/h3-5H2,1-2H3. The van der Waals surface area contributed by atoms with Crippen molar-refractivity contribution in [2.75, 3.05) is 0 Å². The number of carbonyl (C=O) groups excluding carboxylic acids is 2. The lowest BCUT2D eigenvalue weighted by atomic mass is 9.84. The molecule has 0 radical (unpaired) electrons. The van der Waals surface area contributed by atoms with E-state index in [1.807, 2.05) is 6.92 Å². The van der Waals surface area contributed by atoms with E-state index < -0.39 is 5.41 Å². The fourth-order valence-electron chi connectivity index (χ4n) is 1.33. The fourth-order valence-corrected chi connectivity index (χ4v) is 1.33. The molecule has 0 spiro atoms. The maximum absolute atomic E-state index is 11.1. The normalized spacial score (nSPS) is 23.8. The minimum absolute atomic E-state index is 0.125. The Morgan fingerprint density at radius 1 is 1.30 bits per heavy atom. The molecular formula is C8H12O2.